The van der Waals surface area contributed by atoms with Gasteiger partial charge in [0.25, 0.3) is 0 Å². The van der Waals surface area contributed by atoms with Crippen molar-refractivity contribution in [1.29, 1.82) is 0 Å². The Bertz CT molecular complexity index is 572. The van der Waals surface area contributed by atoms with Crippen LogP contribution < -0.4 is 5.32 Å². The van der Waals surface area contributed by atoms with Gasteiger partial charge in [-0.15, -0.1) is 0 Å². The second-order valence-electron chi connectivity index (χ2n) is 4.64. The van der Waals surface area contributed by atoms with Crippen LogP contribution in [0, 0.1) is 17.5 Å². The van der Waals surface area contributed by atoms with Crippen LogP contribution >= 0.6 is 0 Å². The van der Waals surface area contributed by atoms with Crippen LogP contribution in [0.25, 0.3) is 0 Å². The third kappa shape index (κ3) is 3.19. The van der Waals surface area contributed by atoms with Crippen LogP contribution in [0.4, 0.5) is 13.2 Å². The lowest BCUT2D eigenvalue weighted by Gasteiger charge is -2.18. The molecule has 20 heavy (non-hydrogen) atoms. The molecule has 1 aromatic carbocycles. The van der Waals surface area contributed by atoms with E-state index in [0.29, 0.717) is 18.5 Å². The van der Waals surface area contributed by atoms with E-state index < -0.39 is 17.5 Å². The smallest absolute Gasteiger partial charge is 0.194 e. The van der Waals surface area contributed by atoms with Crippen molar-refractivity contribution in [3.05, 3.63) is 53.1 Å². The van der Waals surface area contributed by atoms with E-state index in [2.05, 4.69) is 10.4 Å². The number of halogens is 3. The fraction of sp³-hybridized carbons (Fsp3) is 0.357. The van der Waals surface area contributed by atoms with Crippen LogP contribution in [0.15, 0.2) is 24.5 Å². The van der Waals surface area contributed by atoms with Gasteiger partial charge < -0.3 is 5.32 Å². The molecule has 1 N–H and O–H groups in total. The fourth-order valence-corrected chi connectivity index (χ4v) is 2.14. The Hall–Kier alpha value is -1.82. The van der Waals surface area contributed by atoms with Crippen LogP contribution in [0.5, 0.6) is 0 Å². The molecule has 2 rings (SSSR count). The largest absolute Gasteiger partial charge is 0.310 e. The first-order chi connectivity index (χ1) is 9.51. The van der Waals surface area contributed by atoms with Crippen molar-refractivity contribution in [3.8, 4) is 0 Å². The van der Waals surface area contributed by atoms with Gasteiger partial charge >= 0.3 is 0 Å². The summed E-state index contributed by atoms with van der Waals surface area (Å²) in [5.41, 5.74) is 1.32. The predicted molar refractivity (Wildman–Crippen MR) is 69.6 cm³/mol. The Morgan fingerprint density at radius 2 is 1.90 bits per heavy atom. The molecule has 0 bridgehead atoms. The van der Waals surface area contributed by atoms with E-state index in [-0.39, 0.29) is 6.04 Å². The molecule has 0 radical (unpaired) electrons. The highest BCUT2D eigenvalue weighted by Gasteiger charge is 2.17. The topological polar surface area (TPSA) is 29.9 Å². The van der Waals surface area contributed by atoms with Crippen molar-refractivity contribution in [2.24, 2.45) is 7.05 Å². The zero-order valence-electron chi connectivity index (χ0n) is 11.3. The molecule has 0 aliphatic heterocycles. The first-order valence-electron chi connectivity index (χ1n) is 6.36. The van der Waals surface area contributed by atoms with E-state index in [0.717, 1.165) is 17.7 Å². The van der Waals surface area contributed by atoms with Crippen molar-refractivity contribution in [1.82, 2.24) is 15.1 Å². The van der Waals surface area contributed by atoms with Crippen molar-refractivity contribution < 1.29 is 13.2 Å². The van der Waals surface area contributed by atoms with E-state index in [1.807, 2.05) is 13.1 Å². The number of rotatable bonds is 5. The van der Waals surface area contributed by atoms with Gasteiger partial charge in [-0.25, -0.2) is 13.2 Å². The number of nitrogens with one attached hydrogen (secondary N) is 1. The summed E-state index contributed by atoms with van der Waals surface area (Å²) < 4.78 is 41.3. The summed E-state index contributed by atoms with van der Waals surface area (Å²) in [6.45, 7) is 2.53. The van der Waals surface area contributed by atoms with E-state index >= 15 is 0 Å². The summed E-state index contributed by atoms with van der Waals surface area (Å²) in [7, 11) is 1.79. The molecule has 6 heteroatoms. The van der Waals surface area contributed by atoms with Gasteiger partial charge in [0.1, 0.15) is 0 Å². The Morgan fingerprint density at radius 1 is 1.25 bits per heavy atom. The third-order valence-corrected chi connectivity index (χ3v) is 3.06. The number of nitrogens with zero attached hydrogens (tertiary/aromatic N) is 2. The number of aromatic nitrogens is 2. The molecule has 0 fully saturated rings. The molecular formula is C14H16F3N3. The number of likely N-dealkylation sites (N-methyl/N-ethyl adjacent to an activating group) is 1. The summed E-state index contributed by atoms with van der Waals surface area (Å²) in [5.74, 6) is -3.78. The molecule has 0 saturated carbocycles. The zero-order chi connectivity index (χ0) is 14.7. The Balaban J connectivity index is 2.28. The van der Waals surface area contributed by atoms with E-state index in [4.69, 9.17) is 0 Å². The molecule has 0 aliphatic rings. The lowest BCUT2D eigenvalue weighted by atomic mass is 10.00. The Kier molecular flexibility index (Phi) is 4.44. The number of hydrogen-bond acceptors (Lipinski definition) is 2. The van der Waals surface area contributed by atoms with Gasteiger partial charge in [0, 0.05) is 19.3 Å². The van der Waals surface area contributed by atoms with Crippen molar-refractivity contribution in [2.75, 3.05) is 6.54 Å². The number of hydrogen-bond donors (Lipinski definition) is 1. The third-order valence-electron chi connectivity index (χ3n) is 3.06. The van der Waals surface area contributed by atoms with E-state index in [9.17, 15) is 13.2 Å². The Morgan fingerprint density at radius 3 is 2.40 bits per heavy atom. The maximum Gasteiger partial charge on any atom is 0.194 e. The summed E-state index contributed by atoms with van der Waals surface area (Å²) >= 11 is 0. The van der Waals surface area contributed by atoms with Gasteiger partial charge in [-0.05, 0) is 36.2 Å². The molecule has 1 atom stereocenters. The minimum absolute atomic E-state index is 0.297. The first kappa shape index (κ1) is 14.6. The lowest BCUT2D eigenvalue weighted by Crippen LogP contribution is -2.23. The highest BCUT2D eigenvalue weighted by molar-refractivity contribution is 5.24. The van der Waals surface area contributed by atoms with Gasteiger partial charge in [0.15, 0.2) is 17.5 Å². The van der Waals surface area contributed by atoms with Gasteiger partial charge in [-0.3, -0.25) is 4.68 Å². The monoisotopic (exact) mass is 283 g/mol. The molecule has 0 amide bonds. The highest BCUT2D eigenvalue weighted by atomic mass is 19.2. The van der Waals surface area contributed by atoms with E-state index in [1.54, 1.807) is 17.9 Å². The fourth-order valence-electron chi connectivity index (χ4n) is 2.14. The average Bonchev–Trinajstić information content (AvgIpc) is 2.80. The van der Waals surface area contributed by atoms with Gasteiger partial charge in [-0.2, -0.15) is 5.10 Å². The van der Waals surface area contributed by atoms with E-state index in [1.165, 1.54) is 0 Å². The maximum absolute atomic E-state index is 13.3. The average molecular weight is 283 g/mol. The molecule has 108 valence electrons. The van der Waals surface area contributed by atoms with Crippen LogP contribution in [-0.4, -0.2) is 16.3 Å². The number of benzene rings is 1. The Labute approximate surface area is 115 Å². The van der Waals surface area contributed by atoms with Crippen LogP contribution in [0.1, 0.15) is 24.1 Å². The molecule has 0 saturated heterocycles. The van der Waals surface area contributed by atoms with Gasteiger partial charge in [0.2, 0.25) is 0 Å². The SMILES string of the molecule is CCNC(Cc1cnn(C)c1)c1cc(F)c(F)c(F)c1. The first-order valence-corrected chi connectivity index (χ1v) is 6.36. The molecule has 2 aromatic rings. The predicted octanol–water partition coefficient (Wildman–Crippen LogP) is 2.73. The zero-order valence-corrected chi connectivity index (χ0v) is 11.3. The molecule has 0 aliphatic carbocycles. The van der Waals surface area contributed by atoms with Gasteiger partial charge in [-0.1, -0.05) is 6.92 Å². The standard InChI is InChI=1S/C14H16F3N3/c1-3-18-13(4-9-7-19-20(2)8-9)10-5-11(15)14(17)12(16)6-10/h5-8,13,18H,3-4H2,1-2H3. The lowest BCUT2D eigenvalue weighted by molar-refractivity contribution is 0.439. The second kappa shape index (κ2) is 6.09. The summed E-state index contributed by atoms with van der Waals surface area (Å²) in [6.07, 6.45) is 4.05. The highest BCUT2D eigenvalue weighted by Crippen LogP contribution is 2.22. The summed E-state index contributed by atoms with van der Waals surface area (Å²) in [5, 5.41) is 7.19. The quantitative estimate of drug-likeness (QED) is 0.855. The molecule has 1 unspecified atom stereocenters. The van der Waals surface area contributed by atoms with Crippen LogP contribution in [0.2, 0.25) is 0 Å². The van der Waals surface area contributed by atoms with Crippen LogP contribution in [0.3, 0.4) is 0 Å². The molecule has 1 aromatic heterocycles. The maximum atomic E-state index is 13.3. The molecule has 0 spiro atoms. The van der Waals surface area contributed by atoms with Crippen molar-refractivity contribution in [3.63, 3.8) is 0 Å². The molecule has 3 nitrogen and oxygen atoms in total. The minimum Gasteiger partial charge on any atom is -0.310 e. The van der Waals surface area contributed by atoms with Crippen molar-refractivity contribution in [2.45, 2.75) is 19.4 Å². The molecule has 1 heterocycles. The second-order valence-corrected chi connectivity index (χ2v) is 4.64. The van der Waals surface area contributed by atoms with Gasteiger partial charge in [0.05, 0.1) is 6.20 Å². The molecular weight excluding hydrogens is 267 g/mol. The van der Waals surface area contributed by atoms with Crippen molar-refractivity contribution >= 4 is 0 Å². The normalized spacial score (nSPS) is 12.7. The number of aryl methyl sites for hydroxylation is 1. The summed E-state index contributed by atoms with van der Waals surface area (Å²) in [6, 6.07) is 1.76. The van der Waals surface area contributed by atoms with Crippen LogP contribution in [-0.2, 0) is 13.5 Å². The summed E-state index contributed by atoms with van der Waals surface area (Å²) in [4.78, 5) is 0. The minimum atomic E-state index is -1.44.